The molecule has 0 fully saturated rings. The van der Waals surface area contributed by atoms with Crippen LogP contribution in [0, 0.1) is 11.6 Å². The van der Waals surface area contributed by atoms with Gasteiger partial charge in [0.05, 0.1) is 10.9 Å². The number of hydrogen-bond donors (Lipinski definition) is 1. The van der Waals surface area contributed by atoms with Gasteiger partial charge in [0.2, 0.25) is 5.91 Å². The predicted molar refractivity (Wildman–Crippen MR) is 103 cm³/mol. The molecule has 0 saturated heterocycles. The number of aromatic nitrogens is 2. The summed E-state index contributed by atoms with van der Waals surface area (Å²) in [5, 5.41) is 1.23. The van der Waals surface area contributed by atoms with Gasteiger partial charge < -0.3 is 5.32 Å². The summed E-state index contributed by atoms with van der Waals surface area (Å²) in [6, 6.07) is 11.9. The summed E-state index contributed by atoms with van der Waals surface area (Å²) in [5.41, 5.74) is -0.590. The molecule has 0 aliphatic carbocycles. The third-order valence-electron chi connectivity index (χ3n) is 3.90. The highest BCUT2D eigenvalue weighted by Crippen LogP contribution is 2.33. The first-order chi connectivity index (χ1) is 14.1. The number of alkyl halides is 3. The van der Waals surface area contributed by atoms with Crippen LogP contribution >= 0.6 is 11.8 Å². The molecular weight excluding hydrogens is 425 g/mol. The Morgan fingerprint density at radius 3 is 2.33 bits per heavy atom. The highest BCUT2D eigenvalue weighted by Gasteiger charge is 2.34. The van der Waals surface area contributed by atoms with Gasteiger partial charge in [-0.25, -0.2) is 18.7 Å². The van der Waals surface area contributed by atoms with Gasteiger partial charge in [0.15, 0.2) is 16.8 Å². The van der Waals surface area contributed by atoms with Crippen LogP contribution < -0.4 is 5.32 Å². The van der Waals surface area contributed by atoms with Crippen molar-refractivity contribution in [3.8, 4) is 11.3 Å². The predicted octanol–water partition coefficient (Wildman–Crippen LogP) is 5.56. The molecule has 10 heteroatoms. The van der Waals surface area contributed by atoms with Crippen molar-refractivity contribution in [2.75, 3.05) is 5.32 Å². The number of nitrogens with zero attached hydrogens (tertiary/aromatic N) is 2. The Kier molecular flexibility index (Phi) is 6.35. The van der Waals surface area contributed by atoms with Crippen molar-refractivity contribution in [3.63, 3.8) is 0 Å². The fourth-order valence-electron chi connectivity index (χ4n) is 2.41. The summed E-state index contributed by atoms with van der Waals surface area (Å²) in [7, 11) is 0. The van der Waals surface area contributed by atoms with Gasteiger partial charge in [-0.2, -0.15) is 13.2 Å². The number of anilines is 1. The largest absolute Gasteiger partial charge is 0.433 e. The summed E-state index contributed by atoms with van der Waals surface area (Å²) in [4.78, 5) is 20.0. The average molecular weight is 439 g/mol. The van der Waals surface area contributed by atoms with Gasteiger partial charge in [0, 0.05) is 17.3 Å². The molecule has 1 heterocycles. The maximum atomic E-state index is 13.3. The fraction of sp³-hybridized carbons (Fsp3) is 0.150. The van der Waals surface area contributed by atoms with Crippen LogP contribution in [0.15, 0.2) is 59.8 Å². The maximum Gasteiger partial charge on any atom is 0.433 e. The molecule has 0 spiro atoms. The Balaban J connectivity index is 1.83. The molecule has 0 radical (unpaired) electrons. The second-order valence-corrected chi connectivity index (χ2v) is 7.47. The summed E-state index contributed by atoms with van der Waals surface area (Å²) >= 11 is 0.715. The molecule has 0 unspecified atom stereocenters. The average Bonchev–Trinajstić information content (AvgIpc) is 2.70. The van der Waals surface area contributed by atoms with Crippen LogP contribution in [0.1, 0.15) is 12.6 Å². The lowest BCUT2D eigenvalue weighted by atomic mass is 10.1. The van der Waals surface area contributed by atoms with E-state index in [2.05, 4.69) is 15.3 Å². The maximum absolute atomic E-state index is 13.3. The molecule has 4 nitrogen and oxygen atoms in total. The van der Waals surface area contributed by atoms with Crippen LogP contribution in [-0.4, -0.2) is 21.1 Å². The molecule has 156 valence electrons. The van der Waals surface area contributed by atoms with Gasteiger partial charge in [-0.3, -0.25) is 4.79 Å². The minimum absolute atomic E-state index is 0.0151. The van der Waals surface area contributed by atoms with Crippen LogP contribution in [0.4, 0.5) is 27.6 Å². The Morgan fingerprint density at radius 2 is 1.70 bits per heavy atom. The lowest BCUT2D eigenvalue weighted by Crippen LogP contribution is -2.23. The van der Waals surface area contributed by atoms with Gasteiger partial charge in [0.25, 0.3) is 0 Å². The standard InChI is InChI=1S/C20H14F5N3OS/c1-11(18(29)26-13-7-8-14(21)15(22)9-13)30-19-27-16(12-5-3-2-4-6-12)10-17(28-19)20(23,24)25/h2-11H,1H3,(H,26,29)/t11-/m1/s1. The fourth-order valence-corrected chi connectivity index (χ4v) is 3.19. The molecule has 3 aromatic rings. The minimum atomic E-state index is -4.70. The Hall–Kier alpha value is -3.01. The minimum Gasteiger partial charge on any atom is -0.325 e. The molecular formula is C20H14F5N3OS. The quantitative estimate of drug-likeness (QED) is 0.321. The van der Waals surface area contributed by atoms with E-state index >= 15 is 0 Å². The number of carbonyl (C=O) groups excluding carboxylic acids is 1. The number of halogens is 5. The number of rotatable bonds is 5. The van der Waals surface area contributed by atoms with Crippen LogP contribution in [-0.2, 0) is 11.0 Å². The van der Waals surface area contributed by atoms with Crippen LogP contribution in [0.3, 0.4) is 0 Å². The third-order valence-corrected chi connectivity index (χ3v) is 4.87. The number of nitrogens with one attached hydrogen (secondary N) is 1. The molecule has 0 aliphatic rings. The summed E-state index contributed by atoms with van der Waals surface area (Å²) < 4.78 is 66.1. The molecule has 0 aliphatic heterocycles. The lowest BCUT2D eigenvalue weighted by molar-refractivity contribution is -0.141. The summed E-state index contributed by atoms with van der Waals surface area (Å²) in [6.07, 6.45) is -4.70. The number of amides is 1. The Morgan fingerprint density at radius 1 is 1.00 bits per heavy atom. The molecule has 0 saturated carbocycles. The van der Waals surface area contributed by atoms with Gasteiger partial charge >= 0.3 is 6.18 Å². The van der Waals surface area contributed by atoms with Crippen molar-refractivity contribution < 1.29 is 26.7 Å². The first kappa shape index (κ1) is 21.7. The highest BCUT2D eigenvalue weighted by molar-refractivity contribution is 8.00. The van der Waals surface area contributed by atoms with Crippen molar-refractivity contribution in [1.82, 2.24) is 9.97 Å². The van der Waals surface area contributed by atoms with Gasteiger partial charge in [-0.1, -0.05) is 42.1 Å². The first-order valence-corrected chi connectivity index (χ1v) is 9.46. The summed E-state index contributed by atoms with van der Waals surface area (Å²) in [5.74, 6) is -2.84. The van der Waals surface area contributed by atoms with Crippen molar-refractivity contribution >= 4 is 23.4 Å². The molecule has 0 bridgehead atoms. The first-order valence-electron chi connectivity index (χ1n) is 8.58. The molecule has 1 aromatic heterocycles. The zero-order chi connectivity index (χ0) is 21.9. The van der Waals surface area contributed by atoms with E-state index in [-0.39, 0.29) is 16.5 Å². The molecule has 2 aromatic carbocycles. The van der Waals surface area contributed by atoms with Crippen molar-refractivity contribution in [2.24, 2.45) is 0 Å². The SMILES string of the molecule is C[C@@H](Sc1nc(-c2ccccc2)cc(C(F)(F)F)n1)C(=O)Nc1ccc(F)c(F)c1. The molecule has 1 atom stereocenters. The van der Waals surface area contributed by atoms with Crippen LogP contribution in [0.25, 0.3) is 11.3 Å². The zero-order valence-electron chi connectivity index (χ0n) is 15.4. The second kappa shape index (κ2) is 8.78. The van der Waals surface area contributed by atoms with E-state index < -0.39 is 34.7 Å². The van der Waals surface area contributed by atoms with Crippen molar-refractivity contribution in [2.45, 2.75) is 23.5 Å². The van der Waals surface area contributed by atoms with Gasteiger partial charge in [-0.15, -0.1) is 0 Å². The van der Waals surface area contributed by atoms with Crippen LogP contribution in [0.2, 0.25) is 0 Å². The number of benzene rings is 2. The van der Waals surface area contributed by atoms with Crippen molar-refractivity contribution in [3.05, 3.63) is 71.9 Å². The normalized spacial score (nSPS) is 12.5. The van der Waals surface area contributed by atoms with E-state index in [0.29, 0.717) is 17.3 Å². The second-order valence-electron chi connectivity index (χ2n) is 6.16. The van der Waals surface area contributed by atoms with E-state index in [1.807, 2.05) is 0 Å². The number of thioether (sulfide) groups is 1. The van der Waals surface area contributed by atoms with Crippen molar-refractivity contribution in [1.29, 1.82) is 0 Å². The van der Waals surface area contributed by atoms with Gasteiger partial charge in [-0.05, 0) is 25.1 Å². The van der Waals surface area contributed by atoms with E-state index in [9.17, 15) is 26.7 Å². The van der Waals surface area contributed by atoms with Gasteiger partial charge in [0.1, 0.15) is 5.69 Å². The monoisotopic (exact) mass is 439 g/mol. The zero-order valence-corrected chi connectivity index (χ0v) is 16.2. The topological polar surface area (TPSA) is 54.9 Å². The molecule has 30 heavy (non-hydrogen) atoms. The molecule has 3 rings (SSSR count). The van der Waals surface area contributed by atoms with E-state index in [0.717, 1.165) is 18.2 Å². The van der Waals surface area contributed by atoms with E-state index in [4.69, 9.17) is 0 Å². The van der Waals surface area contributed by atoms with E-state index in [1.165, 1.54) is 13.0 Å². The molecule has 1 N–H and O–H groups in total. The smallest absolute Gasteiger partial charge is 0.325 e. The third kappa shape index (κ3) is 5.32. The lowest BCUT2D eigenvalue weighted by Gasteiger charge is -2.14. The number of carbonyl (C=O) groups is 1. The Bertz CT molecular complexity index is 1060. The Labute approximate surface area is 172 Å². The van der Waals surface area contributed by atoms with Crippen LogP contribution in [0.5, 0.6) is 0 Å². The number of hydrogen-bond acceptors (Lipinski definition) is 4. The summed E-state index contributed by atoms with van der Waals surface area (Å²) in [6.45, 7) is 1.44. The van der Waals surface area contributed by atoms with E-state index in [1.54, 1.807) is 30.3 Å². The highest BCUT2D eigenvalue weighted by atomic mass is 32.2. The molecule has 1 amide bonds.